The fourth-order valence-electron chi connectivity index (χ4n) is 1.43. The maximum Gasteiger partial charge on any atom is 0.321 e. The molecule has 21 heavy (non-hydrogen) atoms. The highest BCUT2D eigenvalue weighted by Crippen LogP contribution is 2.08. The number of aryl methyl sites for hydroxylation is 1. The number of thiophene rings is 1. The molecule has 7 heteroatoms. The Morgan fingerprint density at radius 3 is 2.57 bits per heavy atom. The van der Waals surface area contributed by atoms with E-state index in [1.165, 1.54) is 0 Å². The number of carbonyl (C=O) groups is 3. The van der Waals surface area contributed by atoms with Gasteiger partial charge in [0.2, 0.25) is 0 Å². The first-order valence-electron chi connectivity index (χ1n) is 6.55. The van der Waals surface area contributed by atoms with E-state index in [0.29, 0.717) is 6.42 Å². The topological polar surface area (TPSA) is 84.5 Å². The summed E-state index contributed by atoms with van der Waals surface area (Å²) >= 11 is 1.56. The maximum absolute atomic E-state index is 11.5. The Morgan fingerprint density at radius 1 is 1.29 bits per heavy atom. The summed E-state index contributed by atoms with van der Waals surface area (Å²) in [5.41, 5.74) is 0.618. The van der Waals surface area contributed by atoms with Crippen LogP contribution >= 0.6 is 11.3 Å². The molecule has 3 amide bonds. The third-order valence-electron chi connectivity index (χ3n) is 2.30. The van der Waals surface area contributed by atoms with Gasteiger partial charge in [-0.2, -0.15) is 11.3 Å². The van der Waals surface area contributed by atoms with Crippen LogP contribution in [0.5, 0.6) is 0 Å². The molecular weight excluding hydrogens is 292 g/mol. The Labute approximate surface area is 127 Å². The molecule has 0 radical (unpaired) electrons. The van der Waals surface area contributed by atoms with Crippen molar-refractivity contribution in [2.45, 2.75) is 39.2 Å². The standard InChI is InChI=1S/C14H20N2O4S/c1-14(2,3)16-13(19)15-11(17)8-20-12(18)5-4-10-6-7-21-9-10/h6-7,9H,4-5,8H2,1-3H3,(H2,15,16,17,19). The zero-order chi connectivity index (χ0) is 15.9. The minimum absolute atomic E-state index is 0.207. The van der Waals surface area contributed by atoms with Gasteiger partial charge in [-0.3, -0.25) is 14.9 Å². The summed E-state index contributed by atoms with van der Waals surface area (Å²) in [6.07, 6.45) is 0.784. The second-order valence-corrected chi connectivity index (χ2v) is 6.32. The average Bonchev–Trinajstić information content (AvgIpc) is 2.84. The van der Waals surface area contributed by atoms with Gasteiger partial charge in [0.05, 0.1) is 0 Å². The van der Waals surface area contributed by atoms with E-state index in [0.717, 1.165) is 5.56 Å². The fraction of sp³-hybridized carbons (Fsp3) is 0.500. The van der Waals surface area contributed by atoms with Crippen molar-refractivity contribution in [1.82, 2.24) is 10.6 Å². The van der Waals surface area contributed by atoms with Crippen LogP contribution in [0.3, 0.4) is 0 Å². The number of ether oxygens (including phenoxy) is 1. The van der Waals surface area contributed by atoms with E-state index in [9.17, 15) is 14.4 Å². The van der Waals surface area contributed by atoms with Gasteiger partial charge in [-0.1, -0.05) is 0 Å². The van der Waals surface area contributed by atoms with Crippen LogP contribution in [0.4, 0.5) is 4.79 Å². The molecule has 0 aromatic carbocycles. The number of esters is 1. The first-order chi connectivity index (χ1) is 9.76. The molecule has 0 bridgehead atoms. The van der Waals surface area contributed by atoms with Crippen molar-refractivity contribution in [3.8, 4) is 0 Å². The summed E-state index contributed by atoms with van der Waals surface area (Å²) in [4.78, 5) is 34.3. The van der Waals surface area contributed by atoms with E-state index in [1.54, 1.807) is 32.1 Å². The van der Waals surface area contributed by atoms with E-state index in [4.69, 9.17) is 4.74 Å². The van der Waals surface area contributed by atoms with Crippen LogP contribution < -0.4 is 10.6 Å². The van der Waals surface area contributed by atoms with Crippen molar-refractivity contribution in [3.63, 3.8) is 0 Å². The largest absolute Gasteiger partial charge is 0.456 e. The lowest BCUT2D eigenvalue weighted by molar-refractivity contribution is -0.148. The molecule has 1 aromatic heterocycles. The van der Waals surface area contributed by atoms with Gasteiger partial charge in [-0.15, -0.1) is 0 Å². The molecule has 0 saturated carbocycles. The van der Waals surface area contributed by atoms with E-state index >= 15 is 0 Å². The molecule has 1 aromatic rings. The molecule has 0 spiro atoms. The number of imide groups is 1. The summed E-state index contributed by atoms with van der Waals surface area (Å²) in [6, 6.07) is 1.32. The molecular formula is C14H20N2O4S. The van der Waals surface area contributed by atoms with E-state index in [2.05, 4.69) is 10.6 Å². The van der Waals surface area contributed by atoms with Crippen LogP contribution in [0.25, 0.3) is 0 Å². The summed E-state index contributed by atoms with van der Waals surface area (Å²) in [5.74, 6) is -1.12. The van der Waals surface area contributed by atoms with Crippen LogP contribution in [0.1, 0.15) is 32.8 Å². The number of nitrogens with one attached hydrogen (secondary N) is 2. The van der Waals surface area contributed by atoms with Gasteiger partial charge < -0.3 is 10.1 Å². The average molecular weight is 312 g/mol. The Bertz CT molecular complexity index is 492. The molecule has 0 atom stereocenters. The van der Waals surface area contributed by atoms with Crippen molar-refractivity contribution < 1.29 is 19.1 Å². The highest BCUT2D eigenvalue weighted by atomic mass is 32.1. The predicted octanol–water partition coefficient (Wildman–Crippen LogP) is 1.85. The van der Waals surface area contributed by atoms with Gasteiger partial charge in [0.1, 0.15) is 0 Å². The summed E-state index contributed by atoms with van der Waals surface area (Å²) in [7, 11) is 0. The van der Waals surface area contributed by atoms with Gasteiger partial charge >= 0.3 is 12.0 Å². The lowest BCUT2D eigenvalue weighted by atomic mass is 10.1. The molecule has 0 aliphatic carbocycles. The molecule has 116 valence electrons. The number of rotatable bonds is 5. The molecule has 1 rings (SSSR count). The number of hydrogen-bond acceptors (Lipinski definition) is 5. The van der Waals surface area contributed by atoms with Gasteiger partial charge in [0, 0.05) is 12.0 Å². The third-order valence-corrected chi connectivity index (χ3v) is 3.04. The van der Waals surface area contributed by atoms with Crippen LogP contribution in [0.15, 0.2) is 16.8 Å². The second-order valence-electron chi connectivity index (χ2n) is 5.54. The predicted molar refractivity (Wildman–Crippen MR) is 80.0 cm³/mol. The molecule has 0 unspecified atom stereocenters. The summed E-state index contributed by atoms with van der Waals surface area (Å²) in [6.45, 7) is 4.92. The van der Waals surface area contributed by atoms with Crippen LogP contribution in [-0.4, -0.2) is 30.1 Å². The lowest BCUT2D eigenvalue weighted by Gasteiger charge is -2.20. The summed E-state index contributed by atoms with van der Waals surface area (Å²) < 4.78 is 4.81. The highest BCUT2D eigenvalue weighted by molar-refractivity contribution is 7.07. The number of hydrogen-bond donors (Lipinski definition) is 2. The zero-order valence-corrected chi connectivity index (χ0v) is 13.2. The second kappa shape index (κ2) is 7.78. The summed E-state index contributed by atoms with van der Waals surface area (Å²) in [5, 5.41) is 8.56. The minimum atomic E-state index is -0.652. The van der Waals surface area contributed by atoms with E-state index in [-0.39, 0.29) is 6.42 Å². The molecule has 1 heterocycles. The first-order valence-corrected chi connectivity index (χ1v) is 7.49. The van der Waals surface area contributed by atoms with Crippen molar-refractivity contribution in [3.05, 3.63) is 22.4 Å². The Hall–Kier alpha value is -1.89. The van der Waals surface area contributed by atoms with Crippen LogP contribution in [-0.2, 0) is 20.7 Å². The lowest BCUT2D eigenvalue weighted by Crippen LogP contribution is -2.49. The molecule has 2 N–H and O–H groups in total. The SMILES string of the molecule is CC(C)(C)NC(=O)NC(=O)COC(=O)CCc1ccsc1. The number of urea groups is 1. The number of carbonyl (C=O) groups excluding carboxylic acids is 3. The normalized spacial score (nSPS) is 10.8. The Balaban J connectivity index is 2.20. The van der Waals surface area contributed by atoms with Crippen molar-refractivity contribution in [1.29, 1.82) is 0 Å². The van der Waals surface area contributed by atoms with Gasteiger partial charge in [-0.05, 0) is 49.6 Å². The van der Waals surface area contributed by atoms with Gasteiger partial charge in [0.15, 0.2) is 6.61 Å². The Kier molecular flexibility index (Phi) is 6.36. The Morgan fingerprint density at radius 2 is 2.00 bits per heavy atom. The van der Waals surface area contributed by atoms with Crippen molar-refractivity contribution in [2.24, 2.45) is 0 Å². The monoisotopic (exact) mass is 312 g/mol. The van der Waals surface area contributed by atoms with Gasteiger partial charge in [-0.25, -0.2) is 4.79 Å². The smallest absolute Gasteiger partial charge is 0.321 e. The van der Waals surface area contributed by atoms with Crippen LogP contribution in [0, 0.1) is 0 Å². The molecule has 0 fully saturated rings. The minimum Gasteiger partial charge on any atom is -0.456 e. The first kappa shape index (κ1) is 17.2. The molecule has 6 nitrogen and oxygen atoms in total. The van der Waals surface area contributed by atoms with Crippen LogP contribution in [0.2, 0.25) is 0 Å². The van der Waals surface area contributed by atoms with Crippen molar-refractivity contribution >= 4 is 29.2 Å². The molecule has 0 saturated heterocycles. The van der Waals surface area contributed by atoms with Crippen molar-refractivity contribution in [2.75, 3.05) is 6.61 Å². The van der Waals surface area contributed by atoms with E-state index in [1.807, 2.05) is 16.8 Å². The molecule has 0 aliphatic rings. The highest BCUT2D eigenvalue weighted by Gasteiger charge is 2.16. The van der Waals surface area contributed by atoms with Gasteiger partial charge in [0.25, 0.3) is 5.91 Å². The number of amides is 3. The maximum atomic E-state index is 11.5. The third kappa shape index (κ3) is 8.09. The van der Waals surface area contributed by atoms with E-state index < -0.39 is 30.1 Å². The quantitative estimate of drug-likeness (QED) is 0.813. The fourth-order valence-corrected chi connectivity index (χ4v) is 2.14. The molecule has 0 aliphatic heterocycles. The zero-order valence-electron chi connectivity index (χ0n) is 12.4.